The molecule has 0 aliphatic rings. The number of nitrogens with zero attached hydrogens (tertiary/aromatic N) is 3. The van der Waals surface area contributed by atoms with Gasteiger partial charge in [0, 0.05) is 15.4 Å². The van der Waals surface area contributed by atoms with Gasteiger partial charge in [-0.2, -0.15) is 5.10 Å². The third-order valence-electron chi connectivity index (χ3n) is 4.99. The number of hydrogen-bond donors (Lipinski definition) is 2. The minimum atomic E-state index is -1.21. The van der Waals surface area contributed by atoms with Crippen LogP contribution in [0.5, 0.6) is 5.75 Å². The summed E-state index contributed by atoms with van der Waals surface area (Å²) in [6, 6.07) is 11.2. The summed E-state index contributed by atoms with van der Waals surface area (Å²) in [7, 11) is 0. The molecule has 0 atom stereocenters. The summed E-state index contributed by atoms with van der Waals surface area (Å²) >= 11 is 3.34. The van der Waals surface area contributed by atoms with Gasteiger partial charge in [0.25, 0.3) is 0 Å². The Morgan fingerprint density at radius 2 is 1.86 bits per heavy atom. The fourth-order valence-electron chi connectivity index (χ4n) is 3.46. The number of rotatable bonds is 3. The summed E-state index contributed by atoms with van der Waals surface area (Å²) in [5.41, 5.74) is 4.93. The number of carboxylic acids is 1. The smallest absolute Gasteiger partial charge is 0.340 e. The minimum absolute atomic E-state index is 0.176. The molecule has 6 nitrogen and oxygen atoms in total. The summed E-state index contributed by atoms with van der Waals surface area (Å²) in [5.74, 6) is -1.58. The first-order valence-electron chi connectivity index (χ1n) is 8.96. The number of hydrogen-bond acceptors (Lipinski definition) is 4. The van der Waals surface area contributed by atoms with Gasteiger partial charge in [-0.15, -0.1) is 0 Å². The first-order chi connectivity index (χ1) is 13.8. The van der Waals surface area contributed by atoms with Crippen molar-refractivity contribution in [2.75, 3.05) is 0 Å². The number of benzene rings is 2. The van der Waals surface area contributed by atoms with Crippen LogP contribution in [0.3, 0.4) is 0 Å². The number of carboxylic acid groups (broad SMARTS) is 1. The molecule has 0 unspecified atom stereocenters. The van der Waals surface area contributed by atoms with Crippen molar-refractivity contribution < 1.29 is 15.0 Å². The molecular formula is C22H18BrN3O3. The van der Waals surface area contributed by atoms with Gasteiger partial charge in [0.05, 0.1) is 23.1 Å². The zero-order chi connectivity index (χ0) is 20.9. The van der Waals surface area contributed by atoms with Gasteiger partial charge in [0.2, 0.25) is 0 Å². The van der Waals surface area contributed by atoms with E-state index in [0.717, 1.165) is 22.5 Å². The van der Waals surface area contributed by atoms with Crippen molar-refractivity contribution in [1.82, 2.24) is 14.8 Å². The number of aromatic carboxylic acids is 1. The average Bonchev–Trinajstić information content (AvgIpc) is 3.04. The monoisotopic (exact) mass is 451 g/mol. The largest absolute Gasteiger partial charge is 0.505 e. The van der Waals surface area contributed by atoms with E-state index in [2.05, 4.69) is 26.0 Å². The van der Waals surface area contributed by atoms with Crippen LogP contribution in [0.4, 0.5) is 0 Å². The lowest BCUT2D eigenvalue weighted by molar-refractivity contribution is 0.0696. The molecule has 0 fully saturated rings. The number of aromatic nitrogens is 3. The Morgan fingerprint density at radius 1 is 1.10 bits per heavy atom. The number of halogens is 1. The van der Waals surface area contributed by atoms with Crippen molar-refractivity contribution >= 4 is 32.8 Å². The molecule has 29 heavy (non-hydrogen) atoms. The van der Waals surface area contributed by atoms with E-state index < -0.39 is 5.97 Å². The molecule has 0 saturated heterocycles. The molecule has 146 valence electrons. The van der Waals surface area contributed by atoms with E-state index >= 15 is 0 Å². The molecule has 0 radical (unpaired) electrons. The lowest BCUT2D eigenvalue weighted by atomic mass is 10.0. The molecule has 0 amide bonds. The van der Waals surface area contributed by atoms with Crippen LogP contribution in [0.2, 0.25) is 0 Å². The summed E-state index contributed by atoms with van der Waals surface area (Å²) in [6.07, 6.45) is 1.61. The van der Waals surface area contributed by atoms with E-state index in [0.29, 0.717) is 20.9 Å². The molecule has 2 heterocycles. The van der Waals surface area contributed by atoms with E-state index in [4.69, 9.17) is 0 Å². The summed E-state index contributed by atoms with van der Waals surface area (Å²) in [6.45, 7) is 5.88. The van der Waals surface area contributed by atoms with Crippen LogP contribution in [0, 0.1) is 20.8 Å². The fraction of sp³-hybridized carbons (Fsp3) is 0.136. The molecule has 4 aromatic rings. The van der Waals surface area contributed by atoms with Crippen LogP contribution in [0.25, 0.3) is 27.8 Å². The van der Waals surface area contributed by atoms with E-state index in [9.17, 15) is 15.0 Å². The van der Waals surface area contributed by atoms with Crippen LogP contribution in [-0.2, 0) is 0 Å². The Labute approximate surface area is 175 Å². The second-order valence-electron chi connectivity index (χ2n) is 7.00. The molecule has 0 spiro atoms. The zero-order valence-corrected chi connectivity index (χ0v) is 17.6. The molecule has 4 rings (SSSR count). The molecule has 0 aliphatic carbocycles. The van der Waals surface area contributed by atoms with Gasteiger partial charge in [0.1, 0.15) is 11.3 Å². The van der Waals surface area contributed by atoms with Crippen LogP contribution in [0.1, 0.15) is 27.2 Å². The summed E-state index contributed by atoms with van der Waals surface area (Å²) in [4.78, 5) is 16.4. The predicted molar refractivity (Wildman–Crippen MR) is 115 cm³/mol. The minimum Gasteiger partial charge on any atom is -0.505 e. The summed E-state index contributed by atoms with van der Waals surface area (Å²) < 4.78 is 2.49. The first-order valence-corrected chi connectivity index (χ1v) is 9.75. The summed E-state index contributed by atoms with van der Waals surface area (Å²) in [5, 5.41) is 25.4. The van der Waals surface area contributed by atoms with Crippen molar-refractivity contribution in [2.45, 2.75) is 20.8 Å². The van der Waals surface area contributed by atoms with Crippen LogP contribution in [0.15, 0.2) is 47.1 Å². The van der Waals surface area contributed by atoms with Gasteiger partial charge in [-0.3, -0.25) is 0 Å². The molecular weight excluding hydrogens is 434 g/mol. The second-order valence-corrected chi connectivity index (χ2v) is 7.91. The molecule has 0 saturated carbocycles. The molecule has 7 heteroatoms. The number of pyridine rings is 1. The Kier molecular flexibility index (Phi) is 4.62. The van der Waals surface area contributed by atoms with Gasteiger partial charge in [0.15, 0.2) is 5.75 Å². The molecule has 0 aliphatic heterocycles. The maximum absolute atomic E-state index is 11.9. The van der Waals surface area contributed by atoms with Gasteiger partial charge in [-0.05, 0) is 56.2 Å². The third kappa shape index (κ3) is 3.17. The highest BCUT2D eigenvalue weighted by molar-refractivity contribution is 9.10. The van der Waals surface area contributed by atoms with Crippen molar-refractivity contribution in [3.8, 4) is 22.7 Å². The first kappa shape index (κ1) is 19.1. The number of carbonyl (C=O) groups is 1. The maximum atomic E-state index is 11.9. The van der Waals surface area contributed by atoms with E-state index in [-0.39, 0.29) is 17.0 Å². The normalized spacial score (nSPS) is 11.2. The van der Waals surface area contributed by atoms with E-state index in [1.807, 2.05) is 39.0 Å². The Bertz CT molecular complexity index is 1290. The van der Waals surface area contributed by atoms with E-state index in [1.165, 1.54) is 0 Å². The predicted octanol–water partition coefficient (Wildman–Crippen LogP) is 5.18. The molecule has 2 N–H and O–H groups in total. The highest BCUT2D eigenvalue weighted by Gasteiger charge is 2.23. The van der Waals surface area contributed by atoms with Gasteiger partial charge < -0.3 is 10.2 Å². The highest BCUT2D eigenvalue weighted by atomic mass is 79.9. The van der Waals surface area contributed by atoms with Crippen molar-refractivity contribution in [1.29, 1.82) is 0 Å². The van der Waals surface area contributed by atoms with Crippen LogP contribution < -0.4 is 0 Å². The fourth-order valence-corrected chi connectivity index (χ4v) is 3.82. The zero-order valence-electron chi connectivity index (χ0n) is 16.1. The average molecular weight is 452 g/mol. The van der Waals surface area contributed by atoms with Crippen LogP contribution in [-0.4, -0.2) is 30.9 Å². The van der Waals surface area contributed by atoms with Gasteiger partial charge in [-0.25, -0.2) is 14.5 Å². The van der Waals surface area contributed by atoms with Gasteiger partial charge >= 0.3 is 5.97 Å². The lowest BCUT2D eigenvalue weighted by Crippen LogP contribution is -2.03. The standard InChI is InChI=1S/C22H18BrN3O3/c1-11-4-5-12(2)18(8-11)26-13(3)16(10-24-26)20-21(27)19(22(28)29)15-9-14(23)6-7-17(15)25-20/h4-10,27H,1-3H3,(H,28,29). The Hall–Kier alpha value is -3.19. The SMILES string of the molecule is Cc1ccc(C)c(-n2ncc(-c3nc4ccc(Br)cc4c(C(=O)O)c3O)c2C)c1. The molecule has 0 bridgehead atoms. The van der Waals surface area contributed by atoms with Crippen molar-refractivity contribution in [3.05, 3.63) is 69.5 Å². The maximum Gasteiger partial charge on any atom is 0.340 e. The van der Waals surface area contributed by atoms with Crippen molar-refractivity contribution in [3.63, 3.8) is 0 Å². The van der Waals surface area contributed by atoms with Gasteiger partial charge in [-0.1, -0.05) is 28.1 Å². The molecule has 2 aromatic heterocycles. The van der Waals surface area contributed by atoms with Crippen LogP contribution >= 0.6 is 15.9 Å². The highest BCUT2D eigenvalue weighted by Crippen LogP contribution is 2.38. The quantitative estimate of drug-likeness (QED) is 0.447. The second kappa shape index (κ2) is 7.00. The Balaban J connectivity index is 1.98. The Morgan fingerprint density at radius 3 is 2.59 bits per heavy atom. The topological polar surface area (TPSA) is 88.2 Å². The molecule has 2 aromatic carbocycles. The number of fused-ring (bicyclic) bond motifs is 1. The lowest BCUT2D eigenvalue weighted by Gasteiger charge is -2.12. The number of aromatic hydroxyl groups is 1. The van der Waals surface area contributed by atoms with E-state index in [1.54, 1.807) is 29.1 Å². The number of aryl methyl sites for hydroxylation is 2. The van der Waals surface area contributed by atoms with Crippen molar-refractivity contribution in [2.24, 2.45) is 0 Å². The third-order valence-corrected chi connectivity index (χ3v) is 5.49.